The molecule has 17 heavy (non-hydrogen) atoms. The van der Waals surface area contributed by atoms with Crippen LogP contribution in [0.1, 0.15) is 5.56 Å². The molecule has 4 nitrogen and oxygen atoms in total. The first-order chi connectivity index (χ1) is 8.24. The minimum absolute atomic E-state index is 0.0471. The third-order valence-corrected chi connectivity index (χ3v) is 2.53. The van der Waals surface area contributed by atoms with Gasteiger partial charge in [-0.1, -0.05) is 0 Å². The summed E-state index contributed by atoms with van der Waals surface area (Å²) in [5.41, 5.74) is 0.708. The second-order valence-corrected chi connectivity index (χ2v) is 4.02. The first kappa shape index (κ1) is 12.3. The second kappa shape index (κ2) is 5.95. The van der Waals surface area contributed by atoms with E-state index in [-0.39, 0.29) is 11.9 Å². The molecule has 1 aliphatic rings. The molecule has 1 heterocycles. The molecule has 1 saturated heterocycles. The topological polar surface area (TPSA) is 50.7 Å². The zero-order valence-corrected chi connectivity index (χ0v) is 9.49. The molecule has 0 spiro atoms. The molecule has 0 amide bonds. The van der Waals surface area contributed by atoms with E-state index in [9.17, 15) is 9.50 Å². The van der Waals surface area contributed by atoms with Gasteiger partial charge in [-0.15, -0.1) is 0 Å². The summed E-state index contributed by atoms with van der Waals surface area (Å²) in [5.74, 6) is -0.488. The van der Waals surface area contributed by atoms with Gasteiger partial charge in [0.15, 0.2) is 0 Å². The van der Waals surface area contributed by atoms with Crippen LogP contribution in [0.5, 0.6) is 5.75 Å². The van der Waals surface area contributed by atoms with Crippen LogP contribution in [0, 0.1) is 5.82 Å². The van der Waals surface area contributed by atoms with Gasteiger partial charge in [0, 0.05) is 19.2 Å². The van der Waals surface area contributed by atoms with Crippen LogP contribution < -0.4 is 5.32 Å². The normalized spacial score (nSPS) is 20.4. The molecule has 0 aromatic heterocycles. The molecule has 1 unspecified atom stereocenters. The molecule has 2 rings (SSSR count). The zero-order chi connectivity index (χ0) is 12.1. The average molecular weight is 241 g/mol. The minimum atomic E-state index is -0.431. The quantitative estimate of drug-likeness (QED) is 0.827. The molecule has 0 saturated carbocycles. The lowest BCUT2D eigenvalue weighted by Gasteiger charge is -2.23. The van der Waals surface area contributed by atoms with Gasteiger partial charge in [0.05, 0.1) is 25.9 Å². The number of aromatic hydroxyl groups is 1. The van der Waals surface area contributed by atoms with E-state index in [1.165, 1.54) is 12.1 Å². The van der Waals surface area contributed by atoms with Crippen molar-refractivity contribution in [1.29, 1.82) is 0 Å². The average Bonchev–Trinajstić information content (AvgIpc) is 2.29. The monoisotopic (exact) mass is 241 g/mol. The molecule has 5 heteroatoms. The highest BCUT2D eigenvalue weighted by molar-refractivity contribution is 5.28. The van der Waals surface area contributed by atoms with Crippen molar-refractivity contribution in [2.75, 3.05) is 26.4 Å². The van der Waals surface area contributed by atoms with E-state index < -0.39 is 5.82 Å². The number of rotatable bonds is 4. The Labute approximate surface area is 99.4 Å². The van der Waals surface area contributed by atoms with Crippen molar-refractivity contribution in [3.8, 4) is 5.75 Å². The highest BCUT2D eigenvalue weighted by atomic mass is 19.1. The Morgan fingerprint density at radius 2 is 2.24 bits per heavy atom. The van der Waals surface area contributed by atoms with Crippen molar-refractivity contribution in [3.05, 3.63) is 29.6 Å². The fraction of sp³-hybridized carbons (Fsp3) is 0.500. The van der Waals surface area contributed by atoms with Gasteiger partial charge in [0.25, 0.3) is 0 Å². The van der Waals surface area contributed by atoms with Gasteiger partial charge >= 0.3 is 0 Å². The lowest BCUT2D eigenvalue weighted by atomic mass is 10.2. The van der Waals surface area contributed by atoms with E-state index in [1.807, 2.05) is 0 Å². The summed E-state index contributed by atoms with van der Waals surface area (Å²) in [7, 11) is 0. The molecule has 94 valence electrons. The lowest BCUT2D eigenvalue weighted by molar-refractivity contribution is -0.0864. The van der Waals surface area contributed by atoms with Crippen LogP contribution >= 0.6 is 0 Å². The standard InChI is InChI=1S/C12H16FNO3/c13-10-3-9(4-11(15)5-10)6-14-7-12-8-16-1-2-17-12/h3-5,12,14-15H,1-2,6-8H2. The van der Waals surface area contributed by atoms with E-state index >= 15 is 0 Å². The van der Waals surface area contributed by atoms with E-state index in [0.717, 1.165) is 6.07 Å². The van der Waals surface area contributed by atoms with Gasteiger partial charge < -0.3 is 19.9 Å². The number of phenolic OH excluding ortho intramolecular Hbond substituents is 1. The largest absolute Gasteiger partial charge is 0.508 e. The van der Waals surface area contributed by atoms with E-state index in [4.69, 9.17) is 9.47 Å². The van der Waals surface area contributed by atoms with Gasteiger partial charge in [-0.05, 0) is 17.7 Å². The molecule has 1 aromatic carbocycles. The molecule has 1 aromatic rings. The number of benzene rings is 1. The summed E-state index contributed by atoms with van der Waals surface area (Å²) in [5, 5.41) is 12.4. The number of hydrogen-bond donors (Lipinski definition) is 2. The van der Waals surface area contributed by atoms with E-state index in [2.05, 4.69) is 5.32 Å². The molecule has 1 fully saturated rings. The number of ether oxygens (including phenoxy) is 2. The van der Waals surface area contributed by atoms with Crippen LogP contribution in [0.2, 0.25) is 0 Å². The number of halogens is 1. The third-order valence-electron chi connectivity index (χ3n) is 2.53. The Balaban J connectivity index is 1.77. The molecule has 2 N–H and O–H groups in total. The van der Waals surface area contributed by atoms with Gasteiger partial charge in [-0.2, -0.15) is 0 Å². The van der Waals surface area contributed by atoms with Crippen molar-refractivity contribution in [2.45, 2.75) is 12.6 Å². The molecular formula is C12H16FNO3. The van der Waals surface area contributed by atoms with E-state index in [0.29, 0.717) is 38.5 Å². The van der Waals surface area contributed by atoms with Gasteiger partial charge in [-0.25, -0.2) is 4.39 Å². The maximum atomic E-state index is 13.0. The van der Waals surface area contributed by atoms with Crippen LogP contribution in [0.15, 0.2) is 18.2 Å². The van der Waals surface area contributed by atoms with Crippen LogP contribution in [-0.4, -0.2) is 37.6 Å². The van der Waals surface area contributed by atoms with Crippen molar-refractivity contribution in [1.82, 2.24) is 5.32 Å². The summed E-state index contributed by atoms with van der Waals surface area (Å²) in [6, 6.07) is 4.01. The summed E-state index contributed by atoms with van der Waals surface area (Å²) >= 11 is 0. The molecule has 0 bridgehead atoms. The minimum Gasteiger partial charge on any atom is -0.508 e. The highest BCUT2D eigenvalue weighted by Crippen LogP contribution is 2.14. The number of phenols is 1. The summed E-state index contributed by atoms with van der Waals surface area (Å²) < 4.78 is 23.7. The number of nitrogens with one attached hydrogen (secondary N) is 1. The Morgan fingerprint density at radius 1 is 1.35 bits per heavy atom. The third kappa shape index (κ3) is 3.96. The lowest BCUT2D eigenvalue weighted by Crippen LogP contribution is -2.37. The van der Waals surface area contributed by atoms with Crippen molar-refractivity contribution in [2.24, 2.45) is 0 Å². The predicted octanol–water partition coefficient (Wildman–Crippen LogP) is 1.04. The Bertz CT molecular complexity index is 347. The molecule has 0 radical (unpaired) electrons. The summed E-state index contributed by atoms with van der Waals surface area (Å²) in [6.07, 6.45) is 0.0471. The van der Waals surface area contributed by atoms with Gasteiger partial charge in [0.1, 0.15) is 11.6 Å². The smallest absolute Gasteiger partial charge is 0.127 e. The summed E-state index contributed by atoms with van der Waals surface area (Å²) in [4.78, 5) is 0. The Kier molecular flexibility index (Phi) is 4.30. The SMILES string of the molecule is Oc1cc(F)cc(CNCC2COCCO2)c1. The molecule has 1 aliphatic heterocycles. The van der Waals surface area contributed by atoms with Crippen molar-refractivity contribution in [3.63, 3.8) is 0 Å². The van der Waals surface area contributed by atoms with Crippen molar-refractivity contribution < 1.29 is 19.0 Å². The fourth-order valence-electron chi connectivity index (χ4n) is 1.77. The first-order valence-corrected chi connectivity index (χ1v) is 5.62. The van der Waals surface area contributed by atoms with Crippen LogP contribution in [0.25, 0.3) is 0 Å². The van der Waals surface area contributed by atoms with Crippen LogP contribution in [0.3, 0.4) is 0 Å². The van der Waals surface area contributed by atoms with Crippen LogP contribution in [0.4, 0.5) is 4.39 Å². The predicted molar refractivity (Wildman–Crippen MR) is 60.3 cm³/mol. The summed E-state index contributed by atoms with van der Waals surface area (Å²) in [6.45, 7) is 2.99. The first-order valence-electron chi connectivity index (χ1n) is 5.62. The maximum absolute atomic E-state index is 13.0. The Morgan fingerprint density at radius 3 is 2.94 bits per heavy atom. The van der Waals surface area contributed by atoms with E-state index in [1.54, 1.807) is 0 Å². The molecular weight excluding hydrogens is 225 g/mol. The van der Waals surface area contributed by atoms with Crippen LogP contribution in [-0.2, 0) is 16.0 Å². The number of hydrogen-bond acceptors (Lipinski definition) is 4. The fourth-order valence-corrected chi connectivity index (χ4v) is 1.77. The Hall–Kier alpha value is -1.17. The van der Waals surface area contributed by atoms with Gasteiger partial charge in [-0.3, -0.25) is 0 Å². The molecule has 0 aliphatic carbocycles. The van der Waals surface area contributed by atoms with Crippen molar-refractivity contribution >= 4 is 0 Å². The molecule has 1 atom stereocenters. The maximum Gasteiger partial charge on any atom is 0.127 e. The highest BCUT2D eigenvalue weighted by Gasteiger charge is 2.13. The zero-order valence-electron chi connectivity index (χ0n) is 9.49. The second-order valence-electron chi connectivity index (χ2n) is 4.02. The van der Waals surface area contributed by atoms with Gasteiger partial charge in [0.2, 0.25) is 0 Å².